The Morgan fingerprint density at radius 1 is 0.947 bits per heavy atom. The van der Waals surface area contributed by atoms with Gasteiger partial charge in [0.2, 0.25) is 11.8 Å². The first kappa shape index (κ1) is 29.2. The fourth-order valence-corrected chi connectivity index (χ4v) is 5.52. The molecule has 3 aromatic carbocycles. The summed E-state index contributed by atoms with van der Waals surface area (Å²) in [5.41, 5.74) is 1.55. The van der Waals surface area contributed by atoms with E-state index in [2.05, 4.69) is 5.32 Å². The number of carbonyl (C=O) groups excluding carboxylic acids is 2. The Morgan fingerprint density at radius 3 is 2.18 bits per heavy atom. The Balaban J connectivity index is 2.04. The van der Waals surface area contributed by atoms with Gasteiger partial charge >= 0.3 is 0 Å². The summed E-state index contributed by atoms with van der Waals surface area (Å²) in [4.78, 5) is 28.5. The maximum atomic E-state index is 13.9. The van der Waals surface area contributed by atoms with Gasteiger partial charge in [0.1, 0.15) is 12.6 Å². The van der Waals surface area contributed by atoms with Crippen molar-refractivity contribution in [2.24, 2.45) is 0 Å². The number of halogens is 1. The van der Waals surface area contributed by atoms with Crippen molar-refractivity contribution >= 4 is 39.1 Å². The molecule has 3 rings (SSSR count). The molecule has 0 saturated heterocycles. The molecular weight excluding hydrogens is 522 g/mol. The van der Waals surface area contributed by atoms with Crippen LogP contribution < -0.4 is 9.62 Å². The van der Waals surface area contributed by atoms with Crippen molar-refractivity contribution in [3.63, 3.8) is 0 Å². The Morgan fingerprint density at radius 2 is 1.58 bits per heavy atom. The fourth-order valence-electron chi connectivity index (χ4n) is 3.91. The molecule has 202 valence electrons. The Bertz CT molecular complexity index is 1390. The highest BCUT2D eigenvalue weighted by molar-refractivity contribution is 7.92. The lowest BCUT2D eigenvalue weighted by atomic mass is 10.1. The largest absolute Gasteiger partial charge is 0.350 e. The van der Waals surface area contributed by atoms with Crippen LogP contribution in [-0.4, -0.2) is 43.3 Å². The average Bonchev–Trinajstić information content (AvgIpc) is 2.85. The highest BCUT2D eigenvalue weighted by Gasteiger charge is 2.33. The van der Waals surface area contributed by atoms with Gasteiger partial charge in [0.25, 0.3) is 10.0 Å². The molecule has 9 heteroatoms. The molecule has 1 N–H and O–H groups in total. The smallest absolute Gasteiger partial charge is 0.264 e. The molecule has 0 radical (unpaired) electrons. The van der Waals surface area contributed by atoms with Gasteiger partial charge in [0.15, 0.2) is 0 Å². The van der Waals surface area contributed by atoms with Crippen LogP contribution in [-0.2, 0) is 26.2 Å². The summed E-state index contributed by atoms with van der Waals surface area (Å²) in [7, 11) is -4.13. The third-order valence-electron chi connectivity index (χ3n) is 5.97. The van der Waals surface area contributed by atoms with Crippen LogP contribution in [0.5, 0.6) is 0 Å². The van der Waals surface area contributed by atoms with E-state index < -0.39 is 34.1 Å². The molecule has 0 saturated carbocycles. The summed E-state index contributed by atoms with van der Waals surface area (Å²) in [6, 6.07) is 21.0. The lowest BCUT2D eigenvalue weighted by Gasteiger charge is -2.33. The maximum Gasteiger partial charge on any atom is 0.264 e. The molecule has 0 aliphatic rings. The number of hydrogen-bond donors (Lipinski definition) is 1. The molecule has 2 amide bonds. The lowest BCUT2D eigenvalue weighted by molar-refractivity contribution is -0.140. The molecule has 0 fully saturated rings. The number of amides is 2. The maximum absolute atomic E-state index is 13.9. The number of benzene rings is 3. The van der Waals surface area contributed by atoms with Crippen LogP contribution in [0.15, 0.2) is 83.8 Å². The van der Waals surface area contributed by atoms with Crippen LogP contribution in [0.1, 0.15) is 38.8 Å². The number of rotatable bonds is 9. The van der Waals surface area contributed by atoms with Gasteiger partial charge in [-0.3, -0.25) is 13.9 Å². The predicted molar refractivity (Wildman–Crippen MR) is 152 cm³/mol. The van der Waals surface area contributed by atoms with E-state index in [4.69, 9.17) is 11.6 Å². The zero-order valence-electron chi connectivity index (χ0n) is 22.3. The highest BCUT2D eigenvalue weighted by atomic mass is 35.5. The van der Waals surface area contributed by atoms with Crippen LogP contribution in [0.25, 0.3) is 0 Å². The normalized spacial score (nSPS) is 12.5. The summed E-state index contributed by atoms with van der Waals surface area (Å²) in [5.74, 6) is -0.857. The summed E-state index contributed by atoms with van der Waals surface area (Å²) < 4.78 is 28.5. The summed E-state index contributed by atoms with van der Waals surface area (Å²) >= 11 is 6.19. The van der Waals surface area contributed by atoms with E-state index in [1.165, 1.54) is 23.1 Å². The van der Waals surface area contributed by atoms with Crippen LogP contribution in [0, 0.1) is 6.92 Å². The molecule has 0 aromatic heterocycles. The zero-order valence-corrected chi connectivity index (χ0v) is 23.9. The number of sulfonamides is 1. The quantitative estimate of drug-likeness (QED) is 0.394. The van der Waals surface area contributed by atoms with Crippen molar-refractivity contribution in [2.75, 3.05) is 10.8 Å². The molecule has 38 heavy (non-hydrogen) atoms. The van der Waals surface area contributed by atoms with Crippen LogP contribution >= 0.6 is 11.6 Å². The van der Waals surface area contributed by atoms with Crippen molar-refractivity contribution in [1.82, 2.24) is 10.2 Å². The van der Waals surface area contributed by atoms with Crippen LogP contribution in [0.4, 0.5) is 5.69 Å². The molecule has 0 heterocycles. The van der Waals surface area contributed by atoms with Crippen molar-refractivity contribution in [1.29, 1.82) is 0 Å². The zero-order chi connectivity index (χ0) is 28.1. The van der Waals surface area contributed by atoms with Gasteiger partial charge < -0.3 is 10.2 Å². The number of anilines is 1. The SMILES string of the molecule is Cc1ccccc1CN(C(=O)CN(c1cccc(Cl)c1)S(=O)(=O)c1ccccc1)[C@H](C)C(=O)NC(C)(C)C. The molecule has 0 unspecified atom stereocenters. The van der Waals surface area contributed by atoms with Crippen LogP contribution in [0.3, 0.4) is 0 Å². The van der Waals surface area contributed by atoms with Crippen molar-refractivity contribution < 1.29 is 18.0 Å². The summed E-state index contributed by atoms with van der Waals surface area (Å²) in [6.07, 6.45) is 0. The van der Waals surface area contributed by atoms with Crippen molar-refractivity contribution in [3.05, 3.63) is 95.0 Å². The minimum Gasteiger partial charge on any atom is -0.350 e. The van der Waals surface area contributed by atoms with Gasteiger partial charge in [-0.25, -0.2) is 8.42 Å². The van der Waals surface area contributed by atoms with Gasteiger partial charge in [0.05, 0.1) is 10.6 Å². The first-order valence-corrected chi connectivity index (χ1v) is 14.1. The van der Waals surface area contributed by atoms with Gasteiger partial charge in [-0.15, -0.1) is 0 Å². The van der Waals surface area contributed by atoms with Gasteiger partial charge in [0, 0.05) is 17.1 Å². The van der Waals surface area contributed by atoms with Gasteiger partial charge in [-0.1, -0.05) is 60.1 Å². The number of hydrogen-bond acceptors (Lipinski definition) is 4. The number of nitrogens with zero attached hydrogens (tertiary/aromatic N) is 2. The molecule has 1 atom stereocenters. The molecule has 7 nitrogen and oxygen atoms in total. The Hall–Kier alpha value is -3.36. The van der Waals surface area contributed by atoms with Gasteiger partial charge in [-0.2, -0.15) is 0 Å². The third kappa shape index (κ3) is 7.36. The highest BCUT2D eigenvalue weighted by Crippen LogP contribution is 2.27. The van der Waals surface area contributed by atoms with E-state index in [0.717, 1.165) is 15.4 Å². The average molecular weight is 556 g/mol. The van der Waals surface area contributed by atoms with Gasteiger partial charge in [-0.05, 0) is 76.1 Å². The predicted octanol–water partition coefficient (Wildman–Crippen LogP) is 5.18. The second-order valence-corrected chi connectivity index (χ2v) is 12.5. The summed E-state index contributed by atoms with van der Waals surface area (Å²) in [5, 5.41) is 3.25. The van der Waals surface area contributed by atoms with E-state index in [-0.39, 0.29) is 23.0 Å². The number of aryl methyl sites for hydroxylation is 1. The van der Waals surface area contributed by atoms with Crippen molar-refractivity contribution in [2.45, 2.75) is 57.6 Å². The first-order chi connectivity index (χ1) is 17.8. The first-order valence-electron chi connectivity index (χ1n) is 12.3. The minimum atomic E-state index is -4.13. The van der Waals surface area contributed by atoms with Crippen molar-refractivity contribution in [3.8, 4) is 0 Å². The molecule has 0 spiro atoms. The van der Waals surface area contributed by atoms with E-state index in [0.29, 0.717) is 5.02 Å². The second-order valence-electron chi connectivity index (χ2n) is 10.2. The molecule has 0 aliphatic heterocycles. The topological polar surface area (TPSA) is 86.8 Å². The Kier molecular flexibility index (Phi) is 9.22. The third-order valence-corrected chi connectivity index (χ3v) is 8.00. The summed E-state index contributed by atoms with van der Waals surface area (Å²) in [6.45, 7) is 8.77. The fraction of sp³-hybridized carbons (Fsp3) is 0.310. The molecule has 3 aromatic rings. The van der Waals surface area contributed by atoms with E-state index in [1.54, 1.807) is 43.3 Å². The molecule has 0 bridgehead atoms. The monoisotopic (exact) mass is 555 g/mol. The minimum absolute atomic E-state index is 0.0387. The Labute approximate surface area is 230 Å². The van der Waals surface area contributed by atoms with E-state index in [1.807, 2.05) is 52.0 Å². The standard InChI is InChI=1S/C29H34ClN3O4S/c1-21-12-9-10-13-23(21)19-32(22(2)28(35)31-29(3,4)5)27(34)20-33(25-15-11-14-24(30)18-25)38(36,37)26-16-7-6-8-17-26/h6-18,22H,19-20H2,1-5H3,(H,31,35)/t22-/m1/s1. The van der Waals surface area contributed by atoms with E-state index in [9.17, 15) is 18.0 Å². The van der Waals surface area contributed by atoms with E-state index >= 15 is 0 Å². The second kappa shape index (κ2) is 12.0. The number of carbonyl (C=O) groups is 2. The number of nitrogens with one attached hydrogen (secondary N) is 1. The molecular formula is C29H34ClN3O4S. The van der Waals surface area contributed by atoms with Crippen LogP contribution in [0.2, 0.25) is 5.02 Å². The molecule has 0 aliphatic carbocycles. The lowest BCUT2D eigenvalue weighted by Crippen LogP contribution is -2.54.